The zero-order chi connectivity index (χ0) is 13.9. The van der Waals surface area contributed by atoms with Crippen molar-refractivity contribution in [3.05, 3.63) is 55.3 Å². The van der Waals surface area contributed by atoms with E-state index in [9.17, 15) is 0 Å². The molecule has 0 aromatic carbocycles. The van der Waals surface area contributed by atoms with Crippen molar-refractivity contribution in [2.75, 3.05) is 0 Å². The fourth-order valence-corrected chi connectivity index (χ4v) is 2.47. The van der Waals surface area contributed by atoms with Crippen LogP contribution < -0.4 is 0 Å². The first kappa shape index (κ1) is 20.4. The molecule has 2 rings (SSSR count). The molecule has 101 valence electrons. The van der Waals surface area contributed by atoms with Crippen LogP contribution in [0.2, 0.25) is 0 Å². The van der Waals surface area contributed by atoms with E-state index in [0.29, 0.717) is 0 Å². The van der Waals surface area contributed by atoms with Gasteiger partial charge >= 0.3 is 85.8 Å². The molecule has 0 N–H and O–H groups in total. The van der Waals surface area contributed by atoms with Crippen molar-refractivity contribution in [1.82, 2.24) is 0 Å². The average molecular weight is 561 g/mol. The Morgan fingerprint density at radius 3 is 0.947 bits per heavy atom. The summed E-state index contributed by atoms with van der Waals surface area (Å²) in [6.45, 7) is 11.0. The summed E-state index contributed by atoms with van der Waals surface area (Å²) < 4.78 is 2.38. The molecule has 2 aliphatic carbocycles. The van der Waals surface area contributed by atoms with Gasteiger partial charge in [0.15, 0.2) is 0 Å². The van der Waals surface area contributed by atoms with Crippen molar-refractivity contribution in [1.29, 1.82) is 0 Å². The predicted molar refractivity (Wildman–Crippen MR) is 83.3 cm³/mol. The van der Waals surface area contributed by atoms with E-state index >= 15 is 0 Å². The molecule has 2 aliphatic rings. The van der Waals surface area contributed by atoms with Crippen LogP contribution in [-0.2, 0) is 20.1 Å². The van der Waals surface area contributed by atoms with Crippen molar-refractivity contribution < 1.29 is 20.1 Å². The van der Waals surface area contributed by atoms with E-state index in [4.69, 9.17) is 0 Å². The molecule has 0 atom stereocenters. The number of rotatable bonds is 0. The molecule has 0 saturated heterocycles. The Morgan fingerprint density at radius 1 is 0.579 bits per heavy atom. The van der Waals surface area contributed by atoms with E-state index in [1.165, 1.54) is 38.4 Å². The summed E-state index contributed by atoms with van der Waals surface area (Å²) in [6.07, 6.45) is 8.08. The Kier molecular flexibility index (Phi) is 10.2. The first-order valence-electron chi connectivity index (χ1n) is 5.99. The number of hydrogen-bond acceptors (Lipinski definition) is 0. The third-order valence-corrected chi connectivity index (χ3v) is 5.81. The van der Waals surface area contributed by atoms with Crippen LogP contribution in [0.25, 0.3) is 0 Å². The van der Waals surface area contributed by atoms with Gasteiger partial charge in [0.25, 0.3) is 0 Å². The molecule has 0 nitrogen and oxygen atoms in total. The molecule has 2 fully saturated rings. The summed E-state index contributed by atoms with van der Waals surface area (Å²) in [7, 11) is 0. The molecule has 0 aromatic rings. The molecule has 0 unspecified atom stereocenters. The molecule has 0 heterocycles. The zero-order valence-corrected chi connectivity index (χ0v) is 17.8. The van der Waals surface area contributed by atoms with Crippen molar-refractivity contribution in [2.45, 2.75) is 34.6 Å². The third kappa shape index (κ3) is 5.61. The molecule has 2 saturated carbocycles. The normalized spacial score (nSPS) is 24.1. The van der Waals surface area contributed by atoms with Crippen LogP contribution in [0.1, 0.15) is 34.6 Å². The van der Waals surface area contributed by atoms with Gasteiger partial charge in [0, 0.05) is 0 Å². The van der Waals surface area contributed by atoms with Crippen LogP contribution in [0.4, 0.5) is 0 Å². The molecule has 3 heteroatoms. The van der Waals surface area contributed by atoms with Gasteiger partial charge in [-0.05, 0) is 29.6 Å². The second-order valence-corrected chi connectivity index (χ2v) is 6.42. The van der Waals surface area contributed by atoms with Crippen molar-refractivity contribution >= 4 is 40.0 Å². The van der Waals surface area contributed by atoms with E-state index in [1.54, 1.807) is 0 Å². The Bertz CT molecular complexity index is 253. The quantitative estimate of drug-likeness (QED) is 0.399. The summed E-state index contributed by atoms with van der Waals surface area (Å²) in [6, 6.07) is 0. The second-order valence-electron chi connectivity index (χ2n) is 4.57. The average Bonchev–Trinajstić information content (AvgIpc) is 2.52. The summed E-state index contributed by atoms with van der Waals surface area (Å²) >= 11 is 5.88. The van der Waals surface area contributed by atoms with E-state index in [-0.39, 0.29) is 20.1 Å². The van der Waals surface area contributed by atoms with Crippen LogP contribution in [-0.4, -0.2) is 40.0 Å². The Labute approximate surface area is 149 Å². The van der Waals surface area contributed by atoms with Gasteiger partial charge in [0.05, 0.1) is 0 Å². The minimum atomic E-state index is 0. The Balaban J connectivity index is 0.000000331. The van der Waals surface area contributed by atoms with Gasteiger partial charge in [0.2, 0.25) is 0 Å². The molecule has 19 heavy (non-hydrogen) atoms. The summed E-state index contributed by atoms with van der Waals surface area (Å²) in [5, 5.41) is 0. The van der Waals surface area contributed by atoms with Crippen molar-refractivity contribution in [2.24, 2.45) is 0 Å². The van der Waals surface area contributed by atoms with Crippen molar-refractivity contribution in [3.63, 3.8) is 0 Å². The van der Waals surface area contributed by atoms with Crippen LogP contribution in [0, 0.1) is 55.3 Å². The van der Waals surface area contributed by atoms with Crippen molar-refractivity contribution in [3.8, 4) is 0 Å². The third-order valence-electron chi connectivity index (χ3n) is 3.66. The summed E-state index contributed by atoms with van der Waals surface area (Å²) in [5.74, 6) is 7.34. The van der Waals surface area contributed by atoms with Gasteiger partial charge in [-0.25, -0.2) is 0 Å². The summed E-state index contributed by atoms with van der Waals surface area (Å²) in [4.78, 5) is 0. The maximum atomic E-state index is 2.94. The van der Waals surface area contributed by atoms with Gasteiger partial charge in [-0.15, -0.1) is 0 Å². The van der Waals surface area contributed by atoms with Crippen LogP contribution in [0.15, 0.2) is 0 Å². The molecular formula is C16H19IrSe2+3. The SMILES string of the molecule is C[C]1[C](C)[C](C)[C](C)[C]1C.[Ir+3].[Se]=C1[CH][CH][CH][CH]C1=[Se]. The molecule has 0 aromatic heterocycles. The molecule has 0 aliphatic heterocycles. The monoisotopic (exact) mass is 564 g/mol. The van der Waals surface area contributed by atoms with E-state index in [0.717, 1.165) is 0 Å². The molecule has 0 bridgehead atoms. The van der Waals surface area contributed by atoms with Gasteiger partial charge in [-0.1, -0.05) is 34.6 Å². The fourth-order valence-electron chi connectivity index (χ4n) is 1.86. The van der Waals surface area contributed by atoms with Crippen LogP contribution in [0.5, 0.6) is 0 Å². The first-order chi connectivity index (χ1) is 8.36. The van der Waals surface area contributed by atoms with Gasteiger partial charge in [-0.2, -0.15) is 0 Å². The molecule has 9 radical (unpaired) electrons. The standard InChI is InChI=1S/C10H15.C6H4Se2.Ir/c1-6-7(2)9(4)10(5)8(6)3;7-5-3-1-2-4-6(5)8;/h1-5H3;1-4H;/q;;+3. The van der Waals surface area contributed by atoms with E-state index in [1.807, 2.05) is 25.7 Å². The van der Waals surface area contributed by atoms with E-state index in [2.05, 4.69) is 65.8 Å². The van der Waals surface area contributed by atoms with Crippen LogP contribution in [0.3, 0.4) is 0 Å². The maximum absolute atomic E-state index is 2.94. The summed E-state index contributed by atoms with van der Waals surface area (Å²) in [5.41, 5.74) is 0. The second kappa shape index (κ2) is 9.45. The molecular weight excluding hydrogens is 542 g/mol. The first-order valence-corrected chi connectivity index (χ1v) is 7.70. The Morgan fingerprint density at radius 2 is 0.789 bits per heavy atom. The fraction of sp³-hybridized carbons (Fsp3) is 0.312. The predicted octanol–water partition coefficient (Wildman–Crippen LogP) is 2.47. The van der Waals surface area contributed by atoms with E-state index < -0.39 is 0 Å². The molecule has 0 spiro atoms. The number of hydrogen-bond donors (Lipinski definition) is 0. The minimum absolute atomic E-state index is 0. The van der Waals surface area contributed by atoms with Crippen LogP contribution >= 0.6 is 0 Å². The van der Waals surface area contributed by atoms with Gasteiger partial charge < -0.3 is 0 Å². The topological polar surface area (TPSA) is 0 Å². The van der Waals surface area contributed by atoms with Gasteiger partial charge in [0.1, 0.15) is 0 Å². The van der Waals surface area contributed by atoms with Gasteiger partial charge in [-0.3, -0.25) is 0 Å². The molecule has 0 amide bonds. The Hall–Kier alpha value is 1.43. The zero-order valence-electron chi connectivity index (χ0n) is 12.0.